The Morgan fingerprint density at radius 3 is 2.54 bits per heavy atom. The number of sulfonamides is 1. The van der Waals surface area contributed by atoms with E-state index in [1.165, 1.54) is 4.31 Å². The topological polar surface area (TPSA) is 61.2 Å². The van der Waals surface area contributed by atoms with Crippen LogP contribution in [0, 0.1) is 11.3 Å². The number of nitrogens with zero attached hydrogens (tertiary/aromatic N) is 2. The molecule has 0 bridgehead atoms. The first-order chi connectivity index (χ1) is 6.11. The third-order valence-corrected chi connectivity index (χ3v) is 3.69. The van der Waals surface area contributed by atoms with Crippen molar-refractivity contribution in [3.05, 3.63) is 0 Å². The summed E-state index contributed by atoms with van der Waals surface area (Å²) in [7, 11) is -3.30. The van der Waals surface area contributed by atoms with Gasteiger partial charge in [-0.25, -0.2) is 8.42 Å². The highest BCUT2D eigenvalue weighted by atomic mass is 32.2. The first kappa shape index (κ1) is 10.5. The maximum atomic E-state index is 11.5. The minimum Gasteiger partial charge on any atom is -0.211 e. The number of hydrogen-bond donors (Lipinski definition) is 0. The van der Waals surface area contributed by atoms with Crippen LogP contribution in [0.25, 0.3) is 0 Å². The van der Waals surface area contributed by atoms with Crippen molar-refractivity contribution in [2.75, 3.05) is 12.3 Å². The zero-order valence-corrected chi connectivity index (χ0v) is 8.55. The molecular weight excluding hydrogens is 188 g/mol. The van der Waals surface area contributed by atoms with Crippen molar-refractivity contribution in [1.82, 2.24) is 4.31 Å². The summed E-state index contributed by atoms with van der Waals surface area (Å²) >= 11 is 0. The van der Waals surface area contributed by atoms with Crippen LogP contribution in [0.3, 0.4) is 0 Å². The van der Waals surface area contributed by atoms with Crippen LogP contribution < -0.4 is 0 Å². The third kappa shape index (κ3) is 2.68. The molecule has 0 aliphatic heterocycles. The minimum atomic E-state index is -3.30. The second kappa shape index (κ2) is 4.07. The van der Waals surface area contributed by atoms with Gasteiger partial charge in [-0.2, -0.15) is 9.57 Å². The number of rotatable bonds is 5. The summed E-state index contributed by atoms with van der Waals surface area (Å²) in [5, 5.41) is 8.37. The summed E-state index contributed by atoms with van der Waals surface area (Å²) in [6, 6.07) is 1.88. The van der Waals surface area contributed by atoms with E-state index in [0.29, 0.717) is 6.54 Å². The fraction of sp³-hybridized carbons (Fsp3) is 0.875. The lowest BCUT2D eigenvalue weighted by Gasteiger charge is -2.19. The lowest BCUT2D eigenvalue weighted by Crippen LogP contribution is -2.35. The lowest BCUT2D eigenvalue weighted by molar-refractivity contribution is 0.405. The summed E-state index contributed by atoms with van der Waals surface area (Å²) < 4.78 is 24.5. The third-order valence-electron chi connectivity index (χ3n) is 2.00. The van der Waals surface area contributed by atoms with Crippen molar-refractivity contribution in [3.8, 4) is 6.07 Å². The second-order valence-corrected chi connectivity index (χ2v) is 5.18. The van der Waals surface area contributed by atoms with Crippen LogP contribution in [-0.4, -0.2) is 31.1 Å². The van der Waals surface area contributed by atoms with Crippen LogP contribution in [0.4, 0.5) is 0 Å². The predicted octanol–water partition coefficient (Wildman–Crippen LogP) is 0.714. The molecule has 1 aliphatic carbocycles. The molecule has 74 valence electrons. The second-order valence-electron chi connectivity index (χ2n) is 3.26. The van der Waals surface area contributed by atoms with E-state index in [1.807, 2.05) is 6.92 Å². The molecule has 0 radical (unpaired) electrons. The number of nitriles is 1. The van der Waals surface area contributed by atoms with E-state index in [4.69, 9.17) is 5.26 Å². The van der Waals surface area contributed by atoms with Gasteiger partial charge in [0.2, 0.25) is 10.0 Å². The van der Waals surface area contributed by atoms with Crippen LogP contribution in [0.1, 0.15) is 26.2 Å². The molecule has 0 atom stereocenters. The summed E-state index contributed by atoms with van der Waals surface area (Å²) in [6.07, 6.45) is 2.70. The summed E-state index contributed by atoms with van der Waals surface area (Å²) in [6.45, 7) is 2.49. The summed E-state index contributed by atoms with van der Waals surface area (Å²) in [5.74, 6) is -0.385. The van der Waals surface area contributed by atoms with Crippen LogP contribution in [-0.2, 0) is 10.0 Å². The molecule has 0 aromatic heterocycles. The van der Waals surface area contributed by atoms with Gasteiger partial charge in [0.05, 0.1) is 6.07 Å². The standard InChI is InChI=1S/C8H14N2O2S/c1-2-6-10(8-3-4-8)13(11,12)7-5-9/h8H,2-4,6-7H2,1H3. The molecule has 1 fully saturated rings. The Kier molecular flexibility index (Phi) is 3.28. The van der Waals surface area contributed by atoms with E-state index in [1.54, 1.807) is 6.07 Å². The molecule has 0 aromatic carbocycles. The Labute approximate surface area is 79.2 Å². The molecule has 0 heterocycles. The van der Waals surface area contributed by atoms with Gasteiger partial charge in [-0.05, 0) is 19.3 Å². The molecule has 0 N–H and O–H groups in total. The summed E-state index contributed by atoms with van der Waals surface area (Å²) in [4.78, 5) is 0. The van der Waals surface area contributed by atoms with Crippen molar-refractivity contribution in [2.24, 2.45) is 0 Å². The highest BCUT2D eigenvalue weighted by Gasteiger charge is 2.36. The zero-order chi connectivity index (χ0) is 9.90. The van der Waals surface area contributed by atoms with Crippen LogP contribution in [0.15, 0.2) is 0 Å². The van der Waals surface area contributed by atoms with Gasteiger partial charge in [-0.15, -0.1) is 0 Å². The molecule has 0 aromatic rings. The van der Waals surface area contributed by atoms with Crippen molar-refractivity contribution >= 4 is 10.0 Å². The molecule has 1 saturated carbocycles. The Morgan fingerprint density at radius 2 is 2.15 bits per heavy atom. The molecule has 5 heteroatoms. The van der Waals surface area contributed by atoms with E-state index in [9.17, 15) is 8.42 Å². The highest BCUT2D eigenvalue weighted by molar-refractivity contribution is 7.89. The predicted molar refractivity (Wildman–Crippen MR) is 49.4 cm³/mol. The van der Waals surface area contributed by atoms with Gasteiger partial charge in [0.25, 0.3) is 0 Å². The van der Waals surface area contributed by atoms with Crippen molar-refractivity contribution < 1.29 is 8.42 Å². The van der Waals surface area contributed by atoms with Gasteiger partial charge in [-0.3, -0.25) is 0 Å². The van der Waals surface area contributed by atoms with Crippen LogP contribution >= 0.6 is 0 Å². The van der Waals surface area contributed by atoms with Gasteiger partial charge in [0.15, 0.2) is 5.75 Å². The Hall–Kier alpha value is -0.600. The smallest absolute Gasteiger partial charge is 0.211 e. The normalized spacial score (nSPS) is 17.3. The van der Waals surface area contributed by atoms with E-state index in [-0.39, 0.29) is 11.8 Å². The van der Waals surface area contributed by atoms with Crippen molar-refractivity contribution in [2.45, 2.75) is 32.2 Å². The Bertz CT molecular complexity index is 301. The average molecular weight is 202 g/mol. The van der Waals surface area contributed by atoms with Crippen molar-refractivity contribution in [1.29, 1.82) is 5.26 Å². The van der Waals surface area contributed by atoms with Gasteiger partial charge in [-0.1, -0.05) is 6.92 Å². The minimum absolute atomic E-state index is 0.179. The fourth-order valence-electron chi connectivity index (χ4n) is 1.30. The molecule has 0 amide bonds. The van der Waals surface area contributed by atoms with Crippen LogP contribution in [0.5, 0.6) is 0 Å². The maximum absolute atomic E-state index is 11.5. The fourth-order valence-corrected chi connectivity index (χ4v) is 2.75. The molecule has 1 rings (SSSR count). The average Bonchev–Trinajstić information content (AvgIpc) is 2.82. The van der Waals surface area contributed by atoms with Gasteiger partial charge < -0.3 is 0 Å². The van der Waals surface area contributed by atoms with Gasteiger partial charge >= 0.3 is 0 Å². The van der Waals surface area contributed by atoms with E-state index >= 15 is 0 Å². The Morgan fingerprint density at radius 1 is 1.54 bits per heavy atom. The van der Waals surface area contributed by atoms with Crippen molar-refractivity contribution in [3.63, 3.8) is 0 Å². The molecule has 0 spiro atoms. The molecule has 13 heavy (non-hydrogen) atoms. The van der Waals surface area contributed by atoms with E-state index in [0.717, 1.165) is 19.3 Å². The first-order valence-electron chi connectivity index (χ1n) is 4.48. The molecular formula is C8H14N2O2S. The Balaban J connectivity index is 2.68. The van der Waals surface area contributed by atoms with Gasteiger partial charge in [0, 0.05) is 12.6 Å². The lowest BCUT2D eigenvalue weighted by atomic mass is 10.5. The van der Waals surface area contributed by atoms with Gasteiger partial charge in [0.1, 0.15) is 0 Å². The molecule has 0 saturated heterocycles. The quantitative estimate of drug-likeness (QED) is 0.659. The molecule has 1 aliphatic rings. The summed E-state index contributed by atoms with van der Waals surface area (Å²) in [5.41, 5.74) is 0. The zero-order valence-electron chi connectivity index (χ0n) is 7.73. The largest absolute Gasteiger partial charge is 0.227 e. The SMILES string of the molecule is CCCN(C1CC1)S(=O)(=O)CC#N. The molecule has 4 nitrogen and oxygen atoms in total. The highest BCUT2D eigenvalue weighted by Crippen LogP contribution is 2.29. The van der Waals surface area contributed by atoms with E-state index < -0.39 is 10.0 Å². The number of hydrogen-bond acceptors (Lipinski definition) is 3. The monoisotopic (exact) mass is 202 g/mol. The maximum Gasteiger partial charge on any atom is 0.227 e. The first-order valence-corrected chi connectivity index (χ1v) is 6.09. The molecule has 0 unspecified atom stereocenters. The van der Waals surface area contributed by atoms with Crippen LogP contribution in [0.2, 0.25) is 0 Å². The van der Waals surface area contributed by atoms with E-state index in [2.05, 4.69) is 0 Å².